The molecule has 0 unspecified atom stereocenters. The highest BCUT2D eigenvalue weighted by Gasteiger charge is 2.27. The van der Waals surface area contributed by atoms with Gasteiger partial charge in [-0.1, -0.05) is 72.3 Å². The highest BCUT2D eigenvalue weighted by atomic mass is 35.5. The van der Waals surface area contributed by atoms with E-state index in [-0.39, 0.29) is 11.7 Å². The molecule has 1 saturated heterocycles. The van der Waals surface area contributed by atoms with Crippen LogP contribution in [0.3, 0.4) is 0 Å². The summed E-state index contributed by atoms with van der Waals surface area (Å²) in [5.41, 5.74) is 4.53. The molecule has 1 amide bonds. The van der Waals surface area contributed by atoms with Gasteiger partial charge in [0.2, 0.25) is 0 Å². The second-order valence-corrected chi connectivity index (χ2v) is 9.31. The standard InChI is InChI=1S/C29H23ClFN5O/c30-22-11-5-4-10-21(22)25-18-27(36-28(32-25)19-24(33-36)20-8-2-1-3-9-20)29(37)35-16-14-34(15-17-35)26-13-7-6-12-23(26)31/h1-13,18-19H,14-17H2. The summed E-state index contributed by atoms with van der Waals surface area (Å²) in [6, 6.07) is 27.6. The van der Waals surface area contributed by atoms with Gasteiger partial charge in [-0.25, -0.2) is 13.9 Å². The first-order chi connectivity index (χ1) is 18.1. The summed E-state index contributed by atoms with van der Waals surface area (Å²) in [5.74, 6) is -0.413. The van der Waals surface area contributed by atoms with Crippen molar-refractivity contribution in [3.63, 3.8) is 0 Å². The highest BCUT2D eigenvalue weighted by Crippen LogP contribution is 2.29. The van der Waals surface area contributed by atoms with Gasteiger partial charge in [0.1, 0.15) is 11.5 Å². The van der Waals surface area contributed by atoms with Crippen molar-refractivity contribution in [3.8, 4) is 22.5 Å². The number of benzene rings is 3. The summed E-state index contributed by atoms with van der Waals surface area (Å²) in [5, 5.41) is 5.30. The maximum atomic E-state index is 14.3. The normalized spacial score (nSPS) is 13.8. The van der Waals surface area contributed by atoms with Gasteiger partial charge in [0, 0.05) is 48.4 Å². The Bertz CT molecular complexity index is 1600. The number of rotatable bonds is 4. The highest BCUT2D eigenvalue weighted by molar-refractivity contribution is 6.33. The van der Waals surface area contributed by atoms with Crippen LogP contribution in [-0.4, -0.2) is 51.6 Å². The molecular weight excluding hydrogens is 489 g/mol. The van der Waals surface area contributed by atoms with Crippen LogP contribution >= 0.6 is 11.6 Å². The molecule has 0 atom stereocenters. The number of nitrogens with zero attached hydrogens (tertiary/aromatic N) is 5. The number of hydrogen-bond donors (Lipinski definition) is 0. The number of anilines is 1. The zero-order valence-electron chi connectivity index (χ0n) is 19.9. The second kappa shape index (κ2) is 9.67. The topological polar surface area (TPSA) is 53.7 Å². The minimum Gasteiger partial charge on any atom is -0.366 e. The van der Waals surface area contributed by atoms with Gasteiger partial charge in [0.15, 0.2) is 5.65 Å². The predicted octanol–water partition coefficient (Wildman–Crippen LogP) is 5.82. The third kappa shape index (κ3) is 4.42. The quantitative estimate of drug-likeness (QED) is 0.305. The molecule has 8 heteroatoms. The Morgan fingerprint density at radius 3 is 2.27 bits per heavy atom. The number of piperazine rings is 1. The Morgan fingerprint density at radius 1 is 0.811 bits per heavy atom. The van der Waals surface area contributed by atoms with E-state index in [1.54, 1.807) is 33.7 Å². The fourth-order valence-corrected chi connectivity index (χ4v) is 4.94. The van der Waals surface area contributed by atoms with Crippen LogP contribution in [0.25, 0.3) is 28.2 Å². The summed E-state index contributed by atoms with van der Waals surface area (Å²) in [6.45, 7) is 2.00. The minimum atomic E-state index is -0.257. The molecule has 37 heavy (non-hydrogen) atoms. The van der Waals surface area contributed by atoms with Crippen molar-refractivity contribution in [2.75, 3.05) is 31.1 Å². The van der Waals surface area contributed by atoms with E-state index < -0.39 is 0 Å². The second-order valence-electron chi connectivity index (χ2n) is 8.90. The average molecular weight is 512 g/mol. The van der Waals surface area contributed by atoms with Crippen LogP contribution < -0.4 is 4.90 Å². The maximum absolute atomic E-state index is 14.3. The Labute approximate surface area is 218 Å². The molecule has 1 fully saturated rings. The van der Waals surface area contributed by atoms with E-state index in [4.69, 9.17) is 21.7 Å². The van der Waals surface area contributed by atoms with Gasteiger partial charge >= 0.3 is 0 Å². The first-order valence-corrected chi connectivity index (χ1v) is 12.5. The minimum absolute atomic E-state index is 0.156. The average Bonchev–Trinajstić information content (AvgIpc) is 3.38. The molecule has 2 aromatic heterocycles. The largest absolute Gasteiger partial charge is 0.366 e. The van der Waals surface area contributed by atoms with E-state index in [9.17, 15) is 9.18 Å². The Kier molecular flexibility index (Phi) is 6.06. The van der Waals surface area contributed by atoms with E-state index in [1.807, 2.05) is 65.6 Å². The lowest BCUT2D eigenvalue weighted by Gasteiger charge is -2.36. The zero-order valence-corrected chi connectivity index (χ0v) is 20.6. The summed E-state index contributed by atoms with van der Waals surface area (Å²) in [7, 11) is 0. The van der Waals surface area contributed by atoms with Crippen LogP contribution in [0.2, 0.25) is 5.02 Å². The van der Waals surface area contributed by atoms with Crippen LogP contribution in [0.4, 0.5) is 10.1 Å². The Hall–Kier alpha value is -4.23. The lowest BCUT2D eigenvalue weighted by atomic mass is 10.1. The van der Waals surface area contributed by atoms with Crippen molar-refractivity contribution in [2.24, 2.45) is 0 Å². The first kappa shape index (κ1) is 23.2. The number of carbonyl (C=O) groups is 1. The van der Waals surface area contributed by atoms with Crippen LogP contribution in [0.5, 0.6) is 0 Å². The molecule has 6 nitrogen and oxygen atoms in total. The van der Waals surface area contributed by atoms with Crippen molar-refractivity contribution < 1.29 is 9.18 Å². The van der Waals surface area contributed by atoms with Crippen molar-refractivity contribution in [1.82, 2.24) is 19.5 Å². The fourth-order valence-electron chi connectivity index (χ4n) is 4.70. The van der Waals surface area contributed by atoms with Crippen LogP contribution in [0, 0.1) is 5.82 Å². The number of fused-ring (bicyclic) bond motifs is 1. The van der Waals surface area contributed by atoms with Crippen LogP contribution in [0.1, 0.15) is 10.5 Å². The van der Waals surface area contributed by atoms with E-state index in [2.05, 4.69) is 0 Å². The SMILES string of the molecule is O=C(c1cc(-c2ccccc2Cl)nc2cc(-c3ccccc3)nn12)N1CCN(c2ccccc2F)CC1. The molecule has 0 aliphatic carbocycles. The van der Waals surface area contributed by atoms with Crippen molar-refractivity contribution in [2.45, 2.75) is 0 Å². The van der Waals surface area contributed by atoms with Gasteiger partial charge in [-0.05, 0) is 24.3 Å². The first-order valence-electron chi connectivity index (χ1n) is 12.1. The van der Waals surface area contributed by atoms with Crippen molar-refractivity contribution >= 4 is 28.8 Å². The molecule has 184 valence electrons. The summed E-state index contributed by atoms with van der Waals surface area (Å²) in [6.07, 6.45) is 0. The molecule has 3 heterocycles. The summed E-state index contributed by atoms with van der Waals surface area (Å²) < 4.78 is 15.9. The molecule has 0 saturated carbocycles. The van der Waals surface area contributed by atoms with Gasteiger partial charge in [-0.2, -0.15) is 5.10 Å². The lowest BCUT2D eigenvalue weighted by Crippen LogP contribution is -2.49. The molecule has 1 aliphatic rings. The molecular formula is C29H23ClFN5O. The number of halogens is 2. The van der Waals surface area contributed by atoms with Gasteiger partial charge in [-0.3, -0.25) is 4.79 Å². The fraction of sp³-hybridized carbons (Fsp3) is 0.138. The third-order valence-electron chi connectivity index (χ3n) is 6.63. The van der Waals surface area contributed by atoms with Crippen LogP contribution in [0.15, 0.2) is 91.0 Å². The summed E-state index contributed by atoms with van der Waals surface area (Å²) in [4.78, 5) is 22.4. The smallest absolute Gasteiger partial charge is 0.272 e. The number of hydrogen-bond acceptors (Lipinski definition) is 4. The summed E-state index contributed by atoms with van der Waals surface area (Å²) >= 11 is 6.48. The predicted molar refractivity (Wildman–Crippen MR) is 143 cm³/mol. The molecule has 1 aliphatic heterocycles. The molecule has 0 bridgehead atoms. The number of amides is 1. The molecule has 0 radical (unpaired) electrons. The van der Waals surface area contributed by atoms with E-state index in [1.165, 1.54) is 6.07 Å². The Morgan fingerprint density at radius 2 is 1.51 bits per heavy atom. The molecule has 6 rings (SSSR count). The van der Waals surface area contributed by atoms with Gasteiger partial charge in [0.05, 0.1) is 17.1 Å². The molecule has 0 spiro atoms. The van der Waals surface area contributed by atoms with Crippen LogP contribution in [-0.2, 0) is 0 Å². The molecule has 0 N–H and O–H groups in total. The lowest BCUT2D eigenvalue weighted by molar-refractivity contribution is 0.0737. The van der Waals surface area contributed by atoms with Gasteiger partial charge in [0.25, 0.3) is 5.91 Å². The molecule has 3 aromatic carbocycles. The third-order valence-corrected chi connectivity index (χ3v) is 6.96. The van der Waals surface area contributed by atoms with E-state index in [0.717, 1.165) is 16.8 Å². The number of carbonyl (C=O) groups excluding carboxylic acids is 1. The zero-order chi connectivity index (χ0) is 25.4. The van der Waals surface area contributed by atoms with Gasteiger partial charge in [-0.15, -0.1) is 0 Å². The number of aromatic nitrogens is 3. The molecule has 5 aromatic rings. The van der Waals surface area contributed by atoms with Crippen molar-refractivity contribution in [3.05, 3.63) is 108 Å². The maximum Gasteiger partial charge on any atom is 0.272 e. The van der Waals surface area contributed by atoms with E-state index in [0.29, 0.717) is 53.9 Å². The monoisotopic (exact) mass is 511 g/mol. The van der Waals surface area contributed by atoms with E-state index >= 15 is 0 Å². The van der Waals surface area contributed by atoms with Crippen molar-refractivity contribution in [1.29, 1.82) is 0 Å². The number of para-hydroxylation sites is 1. The van der Waals surface area contributed by atoms with Gasteiger partial charge < -0.3 is 9.80 Å². The Balaban J connectivity index is 1.38.